The maximum absolute atomic E-state index is 12.1. The number of hydrogen-bond donors (Lipinski definition) is 0. The van der Waals surface area contributed by atoms with Gasteiger partial charge in [0, 0.05) is 31.1 Å². The fraction of sp³-hybridized carbons (Fsp3) is 0.333. The van der Waals surface area contributed by atoms with Gasteiger partial charge in [-0.1, -0.05) is 0 Å². The zero-order valence-corrected chi connectivity index (χ0v) is 18.1. The van der Waals surface area contributed by atoms with Gasteiger partial charge in [-0.2, -0.15) is 0 Å². The Morgan fingerprint density at radius 2 is 1.95 bits per heavy atom. The Bertz CT molecular complexity index is 549. The second-order valence-electron chi connectivity index (χ2n) is 4.82. The molecule has 0 N–H and O–H groups in total. The minimum absolute atomic E-state index is 0. The monoisotopic (exact) mass is 557 g/mol. The van der Waals surface area contributed by atoms with Crippen LogP contribution in [0.15, 0.2) is 29.9 Å². The molecule has 1 rings (SSSR count). The number of amides is 2. The summed E-state index contributed by atoms with van der Waals surface area (Å²) in [5, 5.41) is 0. The summed E-state index contributed by atoms with van der Waals surface area (Å²) in [6.07, 6.45) is 9.37. The van der Waals surface area contributed by atoms with Crippen LogP contribution in [0.25, 0.3) is 0 Å². The molecule has 2 amide bonds. The van der Waals surface area contributed by atoms with Gasteiger partial charge < -0.3 is 0 Å². The molecule has 0 fully saturated rings. The van der Waals surface area contributed by atoms with Crippen molar-refractivity contribution in [2.75, 3.05) is 0 Å². The minimum Gasteiger partial charge on any atom is 0 e. The molecule has 22 heavy (non-hydrogen) atoms. The molecule has 0 aromatic heterocycles. The predicted octanol–water partition coefficient (Wildman–Crippen LogP) is 0.800. The second kappa shape index (κ2) is 9.68. The molecule has 0 spiro atoms. The van der Waals surface area contributed by atoms with E-state index in [1.807, 2.05) is 17.7 Å². The van der Waals surface area contributed by atoms with Crippen LogP contribution in [0.5, 0.6) is 0 Å². The van der Waals surface area contributed by atoms with Crippen molar-refractivity contribution in [1.29, 1.82) is 0 Å². The van der Waals surface area contributed by atoms with Gasteiger partial charge in [0.15, 0.2) is 0 Å². The van der Waals surface area contributed by atoms with Crippen molar-refractivity contribution in [2.45, 2.75) is 32.1 Å². The van der Waals surface area contributed by atoms with Crippen molar-refractivity contribution in [3.8, 4) is 0 Å². The molecular formula is C15H15BNO3UV-. The molecule has 0 aromatic carbocycles. The zero-order chi connectivity index (χ0) is 16.0. The number of nitrogens with zero attached hydrogens (tertiary/aromatic N) is 1. The van der Waals surface area contributed by atoms with Crippen molar-refractivity contribution >= 4 is 30.2 Å². The molecule has 1 unspecified atom stereocenters. The predicted molar refractivity (Wildman–Crippen MR) is 77.0 cm³/mol. The van der Waals surface area contributed by atoms with E-state index in [-0.39, 0.29) is 43.3 Å². The Kier molecular flexibility index (Phi) is 9.50. The molecule has 0 saturated heterocycles. The Morgan fingerprint density at radius 3 is 2.45 bits per heavy atom. The Balaban J connectivity index is 0.00000441. The van der Waals surface area contributed by atoms with Crippen LogP contribution in [0.4, 0.5) is 0 Å². The molecule has 7 heteroatoms. The van der Waals surface area contributed by atoms with E-state index in [4.69, 9.17) is 7.85 Å². The first kappa shape index (κ1) is 21.6. The van der Waals surface area contributed by atoms with Crippen LogP contribution in [-0.4, -0.2) is 40.5 Å². The van der Waals surface area contributed by atoms with E-state index in [2.05, 4.69) is 23.1 Å². The summed E-state index contributed by atoms with van der Waals surface area (Å²) in [5.74, 6) is -1.50. The summed E-state index contributed by atoms with van der Waals surface area (Å²) < 4.78 is 1.85. The second-order valence-corrected chi connectivity index (χ2v) is 5.29. The van der Waals surface area contributed by atoms with E-state index < -0.39 is 17.3 Å². The molecule has 1 aliphatic rings. The van der Waals surface area contributed by atoms with Gasteiger partial charge in [-0.05, 0) is 0 Å². The van der Waals surface area contributed by atoms with Gasteiger partial charge in [-0.3, -0.25) is 0 Å². The molecule has 4 nitrogen and oxygen atoms in total. The summed E-state index contributed by atoms with van der Waals surface area (Å²) in [6.45, 7) is 3.29. The zero-order valence-electron chi connectivity index (χ0n) is 12.5. The van der Waals surface area contributed by atoms with Crippen LogP contribution < -0.4 is 0 Å². The SMILES string of the molecule is [B]C(C)(C(=O)CC[C-]=CC(C)=C[CH]=[V])N1C(=O)C=CC1=O.[U]. The maximum atomic E-state index is 12.1. The molecule has 1 heterocycles. The van der Waals surface area contributed by atoms with Crippen molar-refractivity contribution in [3.05, 3.63) is 36.0 Å². The molecule has 0 aliphatic carbocycles. The third-order valence-corrected chi connectivity index (χ3v) is 3.23. The van der Waals surface area contributed by atoms with Gasteiger partial charge in [0.2, 0.25) is 0 Å². The summed E-state index contributed by atoms with van der Waals surface area (Å²) in [6, 6.07) is 0. The molecule has 0 bridgehead atoms. The third kappa shape index (κ3) is 5.66. The minimum atomic E-state index is -1.63. The van der Waals surface area contributed by atoms with Gasteiger partial charge >= 0.3 is 135 Å². The van der Waals surface area contributed by atoms with Gasteiger partial charge in [-0.25, -0.2) is 0 Å². The van der Waals surface area contributed by atoms with Crippen LogP contribution in [0.3, 0.4) is 0 Å². The van der Waals surface area contributed by atoms with Crippen LogP contribution in [0.2, 0.25) is 0 Å². The van der Waals surface area contributed by atoms with Gasteiger partial charge in [0.1, 0.15) is 0 Å². The number of imide groups is 1. The summed E-state index contributed by atoms with van der Waals surface area (Å²) in [4.78, 5) is 36.1. The van der Waals surface area contributed by atoms with E-state index in [0.717, 1.165) is 22.6 Å². The average molecular weight is 557 g/mol. The van der Waals surface area contributed by atoms with Crippen LogP contribution >= 0.6 is 0 Å². The molecule has 1 aliphatic heterocycles. The number of ketones is 1. The van der Waals surface area contributed by atoms with E-state index in [1.54, 1.807) is 6.08 Å². The Hall–Kier alpha value is -0.399. The fourth-order valence-electron chi connectivity index (χ4n) is 1.82. The number of allylic oxidation sites excluding steroid dienone is 4. The normalized spacial score (nSPS) is 17.5. The number of hydrogen-bond acceptors (Lipinski definition) is 3. The van der Waals surface area contributed by atoms with Crippen molar-refractivity contribution in [1.82, 2.24) is 4.90 Å². The summed E-state index contributed by atoms with van der Waals surface area (Å²) in [5.41, 5.74) is -0.619. The van der Waals surface area contributed by atoms with E-state index >= 15 is 0 Å². The number of rotatable bonds is 7. The average Bonchev–Trinajstić information content (AvgIpc) is 2.74. The fourth-order valence-corrected chi connectivity index (χ4v) is 2.19. The molecule has 1 atom stereocenters. The smallest absolute Gasteiger partial charge is 0 e. The molecule has 0 saturated carbocycles. The van der Waals surface area contributed by atoms with Crippen molar-refractivity contribution in [2.24, 2.45) is 0 Å². The summed E-state index contributed by atoms with van der Waals surface area (Å²) in [7, 11) is 5.87. The van der Waals surface area contributed by atoms with Gasteiger partial charge in [-0.15, -0.1) is 0 Å². The van der Waals surface area contributed by atoms with Crippen molar-refractivity contribution < 1.29 is 62.5 Å². The first-order valence-corrected chi connectivity index (χ1v) is 7.20. The number of Topliss-reactive ketones (excluding diaryl/α,β-unsaturated/α-hetero) is 1. The van der Waals surface area contributed by atoms with Crippen LogP contribution in [-0.2, 0) is 31.4 Å². The van der Waals surface area contributed by atoms with Gasteiger partial charge in [0.05, 0.1) is 0 Å². The van der Waals surface area contributed by atoms with E-state index in [1.165, 1.54) is 6.92 Å². The summed E-state index contributed by atoms with van der Waals surface area (Å²) >= 11 is 2.33. The van der Waals surface area contributed by atoms with E-state index in [9.17, 15) is 14.4 Å². The van der Waals surface area contributed by atoms with Gasteiger partial charge in [0.25, 0.3) is 0 Å². The standard InChI is InChI=1S/C15H15BNO3.U.V/c1-4-11(2)7-5-6-8-12(18)15(3,16)17-13(19)9-10-14(17)20;;/h1,4,7,9-10H,6,8H2,2-3H3;;/q-1;;. The van der Waals surface area contributed by atoms with E-state index in [0.29, 0.717) is 6.42 Å². The molecule has 0 aromatic rings. The molecular weight excluding hydrogens is 542 g/mol. The number of carbonyl (C=O) groups excluding carboxylic acids is 3. The van der Waals surface area contributed by atoms with Crippen molar-refractivity contribution in [3.63, 3.8) is 0 Å². The first-order valence-electron chi connectivity index (χ1n) is 6.40. The topological polar surface area (TPSA) is 54.5 Å². The Morgan fingerprint density at radius 1 is 1.41 bits per heavy atom. The van der Waals surface area contributed by atoms with Crippen LogP contribution in [0, 0.1) is 37.2 Å². The third-order valence-electron chi connectivity index (χ3n) is 3.00. The van der Waals surface area contributed by atoms with Crippen LogP contribution in [0.1, 0.15) is 26.7 Å². The molecule has 111 valence electrons. The number of carbonyl (C=O) groups is 3. The quantitative estimate of drug-likeness (QED) is 0.202. The molecule has 2 radical (unpaired) electrons. The Labute approximate surface area is 164 Å². The first-order chi connectivity index (χ1) is 9.80.